The largest absolute Gasteiger partial charge is 0.316 e. The Kier molecular flexibility index (Phi) is 3.33. The minimum Gasteiger partial charge on any atom is -0.316 e. The average molecular weight is 255 g/mol. The zero-order valence-electron chi connectivity index (χ0n) is 9.14. The van der Waals surface area contributed by atoms with Crippen molar-refractivity contribution < 1.29 is 0 Å². The van der Waals surface area contributed by atoms with Crippen LogP contribution in [-0.4, -0.2) is 12.0 Å². The fraction of sp³-hybridized carbons (Fsp3) is 0.250. The van der Waals surface area contributed by atoms with Gasteiger partial charge in [-0.3, -0.25) is 4.98 Å². The van der Waals surface area contributed by atoms with Gasteiger partial charge < -0.3 is 5.32 Å². The molecule has 1 N–H and O–H groups in total. The van der Waals surface area contributed by atoms with Crippen molar-refractivity contribution >= 4 is 34.1 Å². The summed E-state index contributed by atoms with van der Waals surface area (Å²) in [5.41, 5.74) is 3.07. The zero-order chi connectivity index (χ0) is 11.7. The number of benzene rings is 1. The van der Waals surface area contributed by atoms with E-state index in [9.17, 15) is 0 Å². The summed E-state index contributed by atoms with van der Waals surface area (Å²) in [5.74, 6) is 0. The Balaban J connectivity index is 2.65. The maximum atomic E-state index is 5.98. The van der Waals surface area contributed by atoms with Crippen LogP contribution in [0.2, 0.25) is 10.0 Å². The van der Waals surface area contributed by atoms with Crippen LogP contribution in [0.25, 0.3) is 10.9 Å². The third-order valence-corrected chi connectivity index (χ3v) is 3.24. The summed E-state index contributed by atoms with van der Waals surface area (Å²) in [7, 11) is 1.92. The highest BCUT2D eigenvalue weighted by Gasteiger charge is 2.05. The summed E-state index contributed by atoms with van der Waals surface area (Å²) in [5, 5.41) is 5.24. The first-order valence-electron chi connectivity index (χ1n) is 5.01. The topological polar surface area (TPSA) is 24.9 Å². The first-order valence-corrected chi connectivity index (χ1v) is 5.77. The molecule has 0 saturated heterocycles. The maximum absolute atomic E-state index is 5.98. The SMILES string of the molecule is CNCc1cc2cc(Cl)c(Cl)cc2nc1C. The number of hydrogen-bond acceptors (Lipinski definition) is 2. The van der Waals surface area contributed by atoms with Crippen LogP contribution < -0.4 is 5.32 Å². The van der Waals surface area contributed by atoms with Gasteiger partial charge in [-0.15, -0.1) is 0 Å². The van der Waals surface area contributed by atoms with Gasteiger partial charge in [0.1, 0.15) is 0 Å². The Morgan fingerprint density at radius 3 is 2.56 bits per heavy atom. The zero-order valence-corrected chi connectivity index (χ0v) is 10.7. The van der Waals surface area contributed by atoms with Crippen LogP contribution >= 0.6 is 23.2 Å². The number of halogens is 2. The first-order chi connectivity index (χ1) is 7.61. The molecule has 0 atom stereocenters. The molecule has 0 aliphatic rings. The molecule has 1 aromatic heterocycles. The van der Waals surface area contributed by atoms with E-state index in [-0.39, 0.29) is 0 Å². The van der Waals surface area contributed by atoms with Crippen molar-refractivity contribution in [2.24, 2.45) is 0 Å². The third kappa shape index (κ3) is 2.14. The van der Waals surface area contributed by atoms with Crippen LogP contribution in [0.15, 0.2) is 18.2 Å². The highest BCUT2D eigenvalue weighted by atomic mass is 35.5. The monoisotopic (exact) mass is 254 g/mol. The molecule has 0 unspecified atom stereocenters. The second-order valence-electron chi connectivity index (χ2n) is 3.72. The van der Waals surface area contributed by atoms with Crippen molar-refractivity contribution in [3.05, 3.63) is 39.5 Å². The Bertz CT molecular complexity index is 538. The van der Waals surface area contributed by atoms with Gasteiger partial charge in [0.15, 0.2) is 0 Å². The molecule has 16 heavy (non-hydrogen) atoms. The number of fused-ring (bicyclic) bond motifs is 1. The number of aryl methyl sites for hydroxylation is 1. The van der Waals surface area contributed by atoms with Crippen molar-refractivity contribution in [3.63, 3.8) is 0 Å². The van der Waals surface area contributed by atoms with Gasteiger partial charge >= 0.3 is 0 Å². The van der Waals surface area contributed by atoms with E-state index in [4.69, 9.17) is 23.2 Å². The fourth-order valence-corrected chi connectivity index (χ4v) is 2.01. The third-order valence-electron chi connectivity index (χ3n) is 2.52. The van der Waals surface area contributed by atoms with Gasteiger partial charge in [-0.25, -0.2) is 0 Å². The van der Waals surface area contributed by atoms with E-state index >= 15 is 0 Å². The number of rotatable bonds is 2. The molecule has 0 spiro atoms. The number of pyridine rings is 1. The minimum absolute atomic E-state index is 0.544. The molecule has 0 bridgehead atoms. The lowest BCUT2D eigenvalue weighted by atomic mass is 10.1. The summed E-state index contributed by atoms with van der Waals surface area (Å²) in [6.45, 7) is 2.80. The molecule has 0 radical (unpaired) electrons. The minimum atomic E-state index is 0.544. The highest BCUT2D eigenvalue weighted by Crippen LogP contribution is 2.27. The fourth-order valence-electron chi connectivity index (χ4n) is 1.68. The summed E-state index contributed by atoms with van der Waals surface area (Å²) in [6, 6.07) is 5.75. The van der Waals surface area contributed by atoms with Crippen LogP contribution in [0, 0.1) is 6.92 Å². The second kappa shape index (κ2) is 4.58. The van der Waals surface area contributed by atoms with Gasteiger partial charge in [-0.2, -0.15) is 0 Å². The Labute approximate surface area is 105 Å². The normalized spacial score (nSPS) is 11.0. The summed E-state index contributed by atoms with van der Waals surface area (Å²) in [6.07, 6.45) is 0. The van der Waals surface area contributed by atoms with E-state index in [0.29, 0.717) is 10.0 Å². The molecule has 1 heterocycles. The standard InChI is InChI=1S/C12H12Cl2N2/c1-7-9(6-15-2)3-8-4-10(13)11(14)5-12(8)16-7/h3-5,15H,6H2,1-2H3. The average Bonchev–Trinajstić information content (AvgIpc) is 2.23. The van der Waals surface area contributed by atoms with Gasteiger partial charge in [0.25, 0.3) is 0 Å². The molecule has 4 heteroatoms. The molecule has 2 aromatic rings. The van der Waals surface area contributed by atoms with Gasteiger partial charge in [0, 0.05) is 17.6 Å². The Morgan fingerprint density at radius 1 is 1.19 bits per heavy atom. The Morgan fingerprint density at radius 2 is 1.88 bits per heavy atom. The van der Waals surface area contributed by atoms with Crippen molar-refractivity contribution in [1.29, 1.82) is 0 Å². The molecule has 0 fully saturated rings. The summed E-state index contributed by atoms with van der Waals surface area (Å²) < 4.78 is 0. The maximum Gasteiger partial charge on any atom is 0.0721 e. The van der Waals surface area contributed by atoms with Crippen LogP contribution in [0.5, 0.6) is 0 Å². The van der Waals surface area contributed by atoms with Crippen LogP contribution in [-0.2, 0) is 6.54 Å². The van der Waals surface area contributed by atoms with E-state index in [1.807, 2.05) is 20.0 Å². The van der Waals surface area contributed by atoms with Crippen molar-refractivity contribution in [2.75, 3.05) is 7.05 Å². The lowest BCUT2D eigenvalue weighted by molar-refractivity contribution is 0.807. The molecule has 0 saturated carbocycles. The van der Waals surface area contributed by atoms with Crippen LogP contribution in [0.1, 0.15) is 11.3 Å². The summed E-state index contributed by atoms with van der Waals surface area (Å²) in [4.78, 5) is 4.51. The molecule has 1 aromatic carbocycles. The van der Waals surface area contributed by atoms with Gasteiger partial charge in [-0.1, -0.05) is 23.2 Å². The van der Waals surface area contributed by atoms with E-state index in [1.54, 1.807) is 6.07 Å². The van der Waals surface area contributed by atoms with Crippen LogP contribution in [0.3, 0.4) is 0 Å². The van der Waals surface area contributed by atoms with Gasteiger partial charge in [0.05, 0.1) is 15.6 Å². The van der Waals surface area contributed by atoms with Crippen molar-refractivity contribution in [1.82, 2.24) is 10.3 Å². The van der Waals surface area contributed by atoms with E-state index in [0.717, 1.165) is 23.1 Å². The lowest BCUT2D eigenvalue weighted by Gasteiger charge is -2.07. The van der Waals surface area contributed by atoms with Crippen molar-refractivity contribution in [3.8, 4) is 0 Å². The Hall–Kier alpha value is -0.830. The second-order valence-corrected chi connectivity index (χ2v) is 4.54. The quantitative estimate of drug-likeness (QED) is 0.887. The van der Waals surface area contributed by atoms with Crippen molar-refractivity contribution in [2.45, 2.75) is 13.5 Å². The molecular formula is C12H12Cl2N2. The smallest absolute Gasteiger partial charge is 0.0721 e. The predicted octanol–water partition coefficient (Wildman–Crippen LogP) is 3.57. The first kappa shape index (κ1) is 11.6. The summed E-state index contributed by atoms with van der Waals surface area (Å²) >= 11 is 11.9. The van der Waals surface area contributed by atoms with E-state index in [1.165, 1.54) is 5.56 Å². The molecule has 2 rings (SSSR count). The molecule has 0 amide bonds. The number of nitrogens with one attached hydrogen (secondary N) is 1. The highest BCUT2D eigenvalue weighted by molar-refractivity contribution is 6.42. The number of hydrogen-bond donors (Lipinski definition) is 1. The predicted molar refractivity (Wildman–Crippen MR) is 69.3 cm³/mol. The molecule has 0 aliphatic carbocycles. The molecular weight excluding hydrogens is 243 g/mol. The van der Waals surface area contributed by atoms with Gasteiger partial charge in [-0.05, 0) is 37.7 Å². The van der Waals surface area contributed by atoms with E-state index in [2.05, 4.69) is 16.4 Å². The van der Waals surface area contributed by atoms with Gasteiger partial charge in [0.2, 0.25) is 0 Å². The lowest BCUT2D eigenvalue weighted by Crippen LogP contribution is -2.07. The molecule has 0 aliphatic heterocycles. The van der Waals surface area contributed by atoms with Crippen LogP contribution in [0.4, 0.5) is 0 Å². The molecule has 84 valence electrons. The molecule has 2 nitrogen and oxygen atoms in total. The number of nitrogens with zero attached hydrogens (tertiary/aromatic N) is 1. The number of aromatic nitrogens is 1. The van der Waals surface area contributed by atoms with E-state index < -0.39 is 0 Å².